The molecule has 0 bridgehead atoms. The summed E-state index contributed by atoms with van der Waals surface area (Å²) in [5.74, 6) is 3.15. The summed E-state index contributed by atoms with van der Waals surface area (Å²) < 4.78 is 0. The Balaban J connectivity index is 2.42. The minimum absolute atomic E-state index is 0.183. The van der Waals surface area contributed by atoms with Crippen LogP contribution in [0.25, 0.3) is 0 Å². The summed E-state index contributed by atoms with van der Waals surface area (Å²) >= 11 is 1.91. The van der Waals surface area contributed by atoms with Gasteiger partial charge in [0.1, 0.15) is 0 Å². The van der Waals surface area contributed by atoms with E-state index < -0.39 is 0 Å². The molecule has 14 heavy (non-hydrogen) atoms. The Morgan fingerprint density at radius 2 is 2.36 bits per heavy atom. The Kier molecular flexibility index (Phi) is 4.96. The zero-order valence-corrected chi connectivity index (χ0v) is 10.3. The van der Waals surface area contributed by atoms with Crippen molar-refractivity contribution in [3.05, 3.63) is 0 Å². The molecule has 0 aromatic carbocycles. The number of rotatable bonds is 4. The third-order valence-electron chi connectivity index (χ3n) is 3.01. The molecule has 0 aromatic rings. The Labute approximate surface area is 91.4 Å². The highest BCUT2D eigenvalue weighted by molar-refractivity contribution is 7.99. The van der Waals surface area contributed by atoms with Crippen molar-refractivity contribution in [2.45, 2.75) is 32.7 Å². The Hall–Kier alpha value is -0.0200. The zero-order valence-electron chi connectivity index (χ0n) is 9.45. The number of likely N-dealkylation sites (N-methyl/N-ethyl adjacent to an activating group) is 1. The van der Waals surface area contributed by atoms with E-state index in [-0.39, 0.29) is 6.04 Å². The van der Waals surface area contributed by atoms with Crippen molar-refractivity contribution in [3.8, 4) is 0 Å². The van der Waals surface area contributed by atoms with E-state index >= 15 is 0 Å². The Morgan fingerprint density at radius 3 is 2.93 bits per heavy atom. The van der Waals surface area contributed by atoms with Crippen LogP contribution in [0.15, 0.2) is 0 Å². The van der Waals surface area contributed by atoms with Gasteiger partial charge in [-0.15, -0.1) is 0 Å². The van der Waals surface area contributed by atoms with Gasteiger partial charge in [0.05, 0.1) is 6.04 Å². The highest BCUT2D eigenvalue weighted by atomic mass is 32.2. The number of ketones is 1. The minimum Gasteiger partial charge on any atom is -0.298 e. The van der Waals surface area contributed by atoms with Crippen LogP contribution < -0.4 is 0 Å². The van der Waals surface area contributed by atoms with E-state index in [1.54, 1.807) is 0 Å². The quantitative estimate of drug-likeness (QED) is 0.716. The minimum atomic E-state index is 0.183. The molecule has 1 aliphatic rings. The third-order valence-corrected chi connectivity index (χ3v) is 4.04. The maximum atomic E-state index is 11.9. The van der Waals surface area contributed by atoms with Crippen LogP contribution in [0.4, 0.5) is 0 Å². The van der Waals surface area contributed by atoms with E-state index in [2.05, 4.69) is 25.8 Å². The lowest BCUT2D eigenvalue weighted by molar-refractivity contribution is -0.124. The molecule has 0 amide bonds. The molecule has 1 saturated heterocycles. The monoisotopic (exact) mass is 215 g/mol. The van der Waals surface area contributed by atoms with Gasteiger partial charge in [0.25, 0.3) is 0 Å². The first kappa shape index (κ1) is 12.1. The predicted molar refractivity (Wildman–Crippen MR) is 62.8 cm³/mol. The van der Waals surface area contributed by atoms with Crippen molar-refractivity contribution in [1.82, 2.24) is 4.90 Å². The second-order valence-electron chi connectivity index (χ2n) is 4.26. The summed E-state index contributed by atoms with van der Waals surface area (Å²) in [5, 5.41) is 0. The second kappa shape index (κ2) is 5.76. The molecule has 2 unspecified atom stereocenters. The van der Waals surface area contributed by atoms with Gasteiger partial charge in [-0.05, 0) is 13.0 Å². The van der Waals surface area contributed by atoms with Gasteiger partial charge in [-0.25, -0.2) is 0 Å². The Bertz CT molecular complexity index is 196. The van der Waals surface area contributed by atoms with Gasteiger partial charge in [0.15, 0.2) is 5.78 Å². The van der Waals surface area contributed by atoms with Gasteiger partial charge in [-0.1, -0.05) is 20.3 Å². The van der Waals surface area contributed by atoms with E-state index in [1.807, 2.05) is 11.8 Å². The zero-order chi connectivity index (χ0) is 10.6. The highest BCUT2D eigenvalue weighted by Crippen LogP contribution is 2.18. The van der Waals surface area contributed by atoms with Crippen molar-refractivity contribution in [3.63, 3.8) is 0 Å². The van der Waals surface area contributed by atoms with Crippen LogP contribution in [0.1, 0.15) is 26.7 Å². The van der Waals surface area contributed by atoms with Gasteiger partial charge in [0.2, 0.25) is 0 Å². The fourth-order valence-electron chi connectivity index (χ4n) is 1.65. The smallest absolute Gasteiger partial charge is 0.151 e. The maximum absolute atomic E-state index is 11.9. The second-order valence-corrected chi connectivity index (χ2v) is 5.41. The van der Waals surface area contributed by atoms with E-state index in [0.717, 1.165) is 25.1 Å². The fraction of sp³-hybridized carbons (Fsp3) is 0.909. The lowest BCUT2D eigenvalue weighted by Gasteiger charge is -2.31. The molecule has 0 saturated carbocycles. The van der Waals surface area contributed by atoms with E-state index in [1.165, 1.54) is 5.75 Å². The van der Waals surface area contributed by atoms with Gasteiger partial charge < -0.3 is 0 Å². The van der Waals surface area contributed by atoms with Crippen LogP contribution in [0, 0.1) is 5.92 Å². The van der Waals surface area contributed by atoms with Gasteiger partial charge >= 0.3 is 0 Å². The van der Waals surface area contributed by atoms with Crippen molar-refractivity contribution in [1.29, 1.82) is 0 Å². The molecule has 0 aliphatic carbocycles. The average molecular weight is 215 g/mol. The van der Waals surface area contributed by atoms with Crippen molar-refractivity contribution in [2.75, 3.05) is 25.1 Å². The summed E-state index contributed by atoms with van der Waals surface area (Å²) in [7, 11) is 2.07. The molecule has 2 atom stereocenters. The number of hydrogen-bond donors (Lipinski definition) is 0. The van der Waals surface area contributed by atoms with Crippen molar-refractivity contribution in [2.24, 2.45) is 5.92 Å². The van der Waals surface area contributed by atoms with E-state index in [0.29, 0.717) is 11.7 Å². The van der Waals surface area contributed by atoms with Crippen LogP contribution in [0.3, 0.4) is 0 Å². The van der Waals surface area contributed by atoms with Crippen LogP contribution in [0.2, 0.25) is 0 Å². The first-order valence-corrected chi connectivity index (χ1v) is 6.61. The van der Waals surface area contributed by atoms with Crippen molar-refractivity contribution >= 4 is 17.5 Å². The van der Waals surface area contributed by atoms with Gasteiger partial charge in [0, 0.05) is 24.5 Å². The fourth-order valence-corrected chi connectivity index (χ4v) is 2.90. The number of thioether (sulfide) groups is 1. The van der Waals surface area contributed by atoms with E-state index in [9.17, 15) is 4.79 Å². The normalized spacial score (nSPS) is 26.1. The number of hydrogen-bond acceptors (Lipinski definition) is 3. The van der Waals surface area contributed by atoms with Crippen LogP contribution in [-0.2, 0) is 4.79 Å². The van der Waals surface area contributed by atoms with E-state index in [4.69, 9.17) is 0 Å². The molecule has 1 heterocycles. The molecule has 1 aliphatic heterocycles. The third kappa shape index (κ3) is 3.28. The number of carbonyl (C=O) groups is 1. The number of Topliss-reactive ketones (excluding diaryl/α,β-unsaturated/α-hetero) is 1. The lowest BCUT2D eigenvalue weighted by atomic mass is 9.98. The van der Waals surface area contributed by atoms with Gasteiger partial charge in [-0.2, -0.15) is 11.8 Å². The molecule has 0 aromatic heterocycles. The molecular formula is C11H21NOS. The summed E-state index contributed by atoms with van der Waals surface area (Å²) in [6.45, 7) is 5.37. The maximum Gasteiger partial charge on any atom is 0.151 e. The molecule has 82 valence electrons. The predicted octanol–water partition coefficient (Wildman–Crippen LogP) is 2.04. The average Bonchev–Trinajstić information content (AvgIpc) is 2.18. The molecule has 1 rings (SSSR count). The first-order valence-electron chi connectivity index (χ1n) is 5.45. The molecular weight excluding hydrogens is 194 g/mol. The van der Waals surface area contributed by atoms with Crippen LogP contribution in [-0.4, -0.2) is 41.8 Å². The topological polar surface area (TPSA) is 20.3 Å². The highest BCUT2D eigenvalue weighted by Gasteiger charge is 2.26. The molecule has 3 heteroatoms. The summed E-state index contributed by atoms with van der Waals surface area (Å²) in [4.78, 5) is 14.1. The van der Waals surface area contributed by atoms with Gasteiger partial charge in [-0.3, -0.25) is 9.69 Å². The first-order chi connectivity index (χ1) is 6.65. The summed E-state index contributed by atoms with van der Waals surface area (Å²) in [6, 6.07) is 0.183. The molecule has 0 N–H and O–H groups in total. The molecule has 2 nitrogen and oxygen atoms in total. The van der Waals surface area contributed by atoms with Crippen LogP contribution >= 0.6 is 11.8 Å². The largest absolute Gasteiger partial charge is 0.298 e. The number of nitrogens with zero attached hydrogens (tertiary/aromatic N) is 1. The lowest BCUT2D eigenvalue weighted by Crippen LogP contribution is -2.45. The summed E-state index contributed by atoms with van der Waals surface area (Å²) in [6.07, 6.45) is 1.86. The molecule has 1 fully saturated rings. The number of carbonyl (C=O) groups excluding carboxylic acids is 1. The summed E-state index contributed by atoms with van der Waals surface area (Å²) in [5.41, 5.74) is 0. The standard InChI is InChI=1S/C11H21NOS/c1-4-9(2)7-11(13)10-8-14-6-5-12(10)3/h9-10H,4-8H2,1-3H3. The van der Waals surface area contributed by atoms with Crippen molar-refractivity contribution < 1.29 is 4.79 Å². The molecule has 0 spiro atoms. The van der Waals surface area contributed by atoms with Crippen LogP contribution in [0.5, 0.6) is 0 Å². The molecule has 0 radical (unpaired) electrons. The SMILES string of the molecule is CCC(C)CC(=O)C1CSCCN1C. The Morgan fingerprint density at radius 1 is 1.64 bits per heavy atom.